The third kappa shape index (κ3) is 4.26. The number of halogens is 1. The Balaban J connectivity index is 2.50. The smallest absolute Gasteiger partial charge is 0.123 e. The van der Waals surface area contributed by atoms with Crippen molar-refractivity contribution in [3.05, 3.63) is 47.3 Å². The van der Waals surface area contributed by atoms with Gasteiger partial charge in [-0.3, -0.25) is 0 Å². The van der Waals surface area contributed by atoms with Gasteiger partial charge in [0.1, 0.15) is 5.82 Å². The molecule has 1 aromatic carbocycles. The summed E-state index contributed by atoms with van der Waals surface area (Å²) < 4.78 is 12.7. The van der Waals surface area contributed by atoms with Crippen LogP contribution < -0.4 is 5.32 Å². The van der Waals surface area contributed by atoms with E-state index in [2.05, 4.69) is 32.2 Å². The Kier molecular flexibility index (Phi) is 4.50. The first-order valence-corrected chi connectivity index (χ1v) is 5.22. The van der Waals surface area contributed by atoms with Gasteiger partial charge in [0.25, 0.3) is 0 Å². The molecule has 0 amide bonds. The molecule has 1 aromatic rings. The van der Waals surface area contributed by atoms with E-state index in [1.807, 2.05) is 12.1 Å². The molecule has 2 heteroatoms. The van der Waals surface area contributed by atoms with E-state index in [4.69, 9.17) is 0 Å². The van der Waals surface area contributed by atoms with Gasteiger partial charge in [0, 0.05) is 12.6 Å². The van der Waals surface area contributed by atoms with Crippen LogP contribution in [-0.4, -0.2) is 6.54 Å². The molecule has 0 heterocycles. The molecule has 1 N–H and O–H groups in total. The molecular weight excluding hydrogens is 189 g/mol. The third-order valence-electron chi connectivity index (χ3n) is 2.30. The van der Waals surface area contributed by atoms with Crippen molar-refractivity contribution in [1.82, 2.24) is 5.32 Å². The third-order valence-corrected chi connectivity index (χ3v) is 2.30. The summed E-state index contributed by atoms with van der Waals surface area (Å²) in [7, 11) is 0. The van der Waals surface area contributed by atoms with Crippen LogP contribution >= 0.6 is 0 Å². The highest BCUT2D eigenvalue weighted by Crippen LogP contribution is 2.12. The number of benzene rings is 1. The van der Waals surface area contributed by atoms with Crippen LogP contribution in [-0.2, 0) is 0 Å². The summed E-state index contributed by atoms with van der Waals surface area (Å²) in [6, 6.07) is 6.87. The minimum Gasteiger partial charge on any atom is -0.307 e. The van der Waals surface area contributed by atoms with Crippen LogP contribution in [0.2, 0.25) is 0 Å². The number of hydrogen-bond donors (Lipinski definition) is 1. The lowest BCUT2D eigenvalue weighted by molar-refractivity contribution is 0.605. The Morgan fingerprint density at radius 1 is 1.33 bits per heavy atom. The van der Waals surface area contributed by atoms with Crippen molar-refractivity contribution >= 4 is 0 Å². The normalized spacial score (nSPS) is 12.3. The summed E-state index contributed by atoms with van der Waals surface area (Å²) in [5.41, 5.74) is 2.41. The van der Waals surface area contributed by atoms with Crippen molar-refractivity contribution < 1.29 is 4.39 Å². The Bertz CT molecular complexity index is 323. The van der Waals surface area contributed by atoms with Crippen LogP contribution in [0.3, 0.4) is 0 Å². The van der Waals surface area contributed by atoms with E-state index in [1.165, 1.54) is 17.7 Å². The van der Waals surface area contributed by atoms with Gasteiger partial charge in [-0.15, -0.1) is 0 Å². The number of rotatable bonds is 4. The summed E-state index contributed by atoms with van der Waals surface area (Å²) in [6.07, 6.45) is 2.14. The van der Waals surface area contributed by atoms with Gasteiger partial charge in [-0.2, -0.15) is 0 Å². The topological polar surface area (TPSA) is 12.0 Å². The summed E-state index contributed by atoms with van der Waals surface area (Å²) >= 11 is 0. The molecule has 0 bridgehead atoms. The molecule has 0 radical (unpaired) electrons. The van der Waals surface area contributed by atoms with Gasteiger partial charge in [0.15, 0.2) is 0 Å². The lowest BCUT2D eigenvalue weighted by atomic mass is 10.1. The van der Waals surface area contributed by atoms with Crippen LogP contribution in [0, 0.1) is 5.82 Å². The first kappa shape index (κ1) is 11.9. The molecule has 1 rings (SSSR count). The molecule has 0 saturated carbocycles. The molecule has 1 atom stereocenters. The lowest BCUT2D eigenvalue weighted by Crippen LogP contribution is -2.18. The fraction of sp³-hybridized carbons (Fsp3) is 0.385. The highest BCUT2D eigenvalue weighted by atomic mass is 19.1. The van der Waals surface area contributed by atoms with E-state index in [-0.39, 0.29) is 11.9 Å². The van der Waals surface area contributed by atoms with Crippen molar-refractivity contribution in [3.63, 3.8) is 0 Å². The summed E-state index contributed by atoms with van der Waals surface area (Å²) in [5.74, 6) is -0.185. The maximum Gasteiger partial charge on any atom is 0.123 e. The first-order valence-electron chi connectivity index (χ1n) is 5.22. The van der Waals surface area contributed by atoms with Crippen molar-refractivity contribution in [3.8, 4) is 0 Å². The fourth-order valence-electron chi connectivity index (χ4n) is 1.31. The van der Waals surface area contributed by atoms with Gasteiger partial charge in [0.05, 0.1) is 0 Å². The fourth-order valence-corrected chi connectivity index (χ4v) is 1.31. The van der Waals surface area contributed by atoms with E-state index < -0.39 is 0 Å². The summed E-state index contributed by atoms with van der Waals surface area (Å²) in [5, 5.41) is 3.35. The van der Waals surface area contributed by atoms with E-state index in [0.29, 0.717) is 0 Å². The highest BCUT2D eigenvalue weighted by Gasteiger charge is 2.02. The van der Waals surface area contributed by atoms with Gasteiger partial charge in [-0.1, -0.05) is 23.8 Å². The SMILES string of the molecule is CC(C)=CCN[C@H](C)c1ccc(F)cc1. The predicted octanol–water partition coefficient (Wildman–Crippen LogP) is 3.44. The average Bonchev–Trinajstić information content (AvgIpc) is 2.18. The quantitative estimate of drug-likeness (QED) is 0.746. The largest absolute Gasteiger partial charge is 0.307 e. The maximum atomic E-state index is 12.7. The van der Waals surface area contributed by atoms with E-state index in [9.17, 15) is 4.39 Å². The first-order chi connectivity index (χ1) is 7.09. The second-order valence-corrected chi connectivity index (χ2v) is 3.96. The highest BCUT2D eigenvalue weighted by molar-refractivity contribution is 5.19. The van der Waals surface area contributed by atoms with Gasteiger partial charge < -0.3 is 5.32 Å². The van der Waals surface area contributed by atoms with E-state index in [1.54, 1.807) is 0 Å². The van der Waals surface area contributed by atoms with Gasteiger partial charge >= 0.3 is 0 Å². The van der Waals surface area contributed by atoms with Crippen molar-refractivity contribution in [2.24, 2.45) is 0 Å². The zero-order valence-electron chi connectivity index (χ0n) is 9.55. The molecular formula is C13H18FN. The second kappa shape index (κ2) is 5.66. The summed E-state index contributed by atoms with van der Waals surface area (Å²) in [6.45, 7) is 7.07. The van der Waals surface area contributed by atoms with Gasteiger partial charge in [-0.05, 0) is 38.5 Å². The molecule has 1 nitrogen and oxygen atoms in total. The van der Waals surface area contributed by atoms with Crippen molar-refractivity contribution in [2.45, 2.75) is 26.8 Å². The molecule has 15 heavy (non-hydrogen) atoms. The number of allylic oxidation sites excluding steroid dienone is 1. The predicted molar refractivity (Wildman–Crippen MR) is 62.2 cm³/mol. The van der Waals surface area contributed by atoms with Crippen molar-refractivity contribution in [2.75, 3.05) is 6.54 Å². The lowest BCUT2D eigenvalue weighted by Gasteiger charge is -2.12. The van der Waals surface area contributed by atoms with Crippen LogP contribution in [0.4, 0.5) is 4.39 Å². The zero-order valence-corrected chi connectivity index (χ0v) is 9.55. The van der Waals surface area contributed by atoms with Crippen LogP contribution in [0.25, 0.3) is 0 Å². The van der Waals surface area contributed by atoms with E-state index >= 15 is 0 Å². The standard InChI is InChI=1S/C13H18FN/c1-10(2)8-9-15-11(3)12-4-6-13(14)7-5-12/h4-8,11,15H,9H2,1-3H3/t11-/m1/s1. The van der Waals surface area contributed by atoms with Gasteiger partial charge in [-0.25, -0.2) is 4.39 Å². The van der Waals surface area contributed by atoms with Crippen LogP contribution in [0.15, 0.2) is 35.9 Å². The molecule has 0 aliphatic rings. The van der Waals surface area contributed by atoms with Gasteiger partial charge in [0.2, 0.25) is 0 Å². The maximum absolute atomic E-state index is 12.7. The van der Waals surface area contributed by atoms with Crippen molar-refractivity contribution in [1.29, 1.82) is 0 Å². The number of hydrogen-bond acceptors (Lipinski definition) is 1. The minimum atomic E-state index is -0.185. The summed E-state index contributed by atoms with van der Waals surface area (Å²) in [4.78, 5) is 0. The molecule has 0 fully saturated rings. The number of nitrogens with one attached hydrogen (secondary N) is 1. The molecule has 0 spiro atoms. The molecule has 0 aliphatic heterocycles. The monoisotopic (exact) mass is 207 g/mol. The zero-order chi connectivity index (χ0) is 11.3. The molecule has 0 aromatic heterocycles. The van der Waals surface area contributed by atoms with E-state index in [0.717, 1.165) is 12.1 Å². The molecule has 82 valence electrons. The van der Waals surface area contributed by atoms with Crippen LogP contribution in [0.5, 0.6) is 0 Å². The Hall–Kier alpha value is -1.15. The molecule has 0 saturated heterocycles. The molecule has 0 unspecified atom stereocenters. The second-order valence-electron chi connectivity index (χ2n) is 3.96. The average molecular weight is 207 g/mol. The Morgan fingerprint density at radius 2 is 1.93 bits per heavy atom. The Morgan fingerprint density at radius 3 is 2.47 bits per heavy atom. The minimum absolute atomic E-state index is 0.185. The Labute approximate surface area is 91.0 Å². The molecule has 0 aliphatic carbocycles. The van der Waals surface area contributed by atoms with Crippen LogP contribution in [0.1, 0.15) is 32.4 Å².